The number of ether oxygens (including phenoxy) is 1. The van der Waals surface area contributed by atoms with Gasteiger partial charge in [-0.2, -0.15) is 0 Å². The molecule has 0 aliphatic heterocycles. The number of halogens is 1. The van der Waals surface area contributed by atoms with Crippen LogP contribution in [-0.2, 0) is 16.0 Å². The molecule has 1 rings (SSSR count). The van der Waals surface area contributed by atoms with Crippen LogP contribution >= 0.6 is 15.9 Å². The van der Waals surface area contributed by atoms with E-state index in [9.17, 15) is 9.90 Å². The molecule has 0 bridgehead atoms. The molecule has 0 aliphatic carbocycles. The van der Waals surface area contributed by atoms with Crippen LogP contribution < -0.4 is 0 Å². The summed E-state index contributed by atoms with van der Waals surface area (Å²) >= 11 is 3.21. The van der Waals surface area contributed by atoms with Gasteiger partial charge in [-0.25, -0.2) is 0 Å². The van der Waals surface area contributed by atoms with Gasteiger partial charge in [0.05, 0.1) is 13.5 Å². The minimum atomic E-state index is -0.322. The Hall–Kier alpha value is -1.03. The van der Waals surface area contributed by atoms with E-state index in [0.29, 0.717) is 0 Å². The first-order valence-corrected chi connectivity index (χ1v) is 4.46. The van der Waals surface area contributed by atoms with Gasteiger partial charge in [0, 0.05) is 4.47 Å². The molecule has 1 N–H and O–H groups in total. The van der Waals surface area contributed by atoms with Crippen molar-refractivity contribution in [3.63, 3.8) is 0 Å². The fourth-order valence-electron chi connectivity index (χ4n) is 0.974. The first kappa shape index (κ1) is 10.1. The fraction of sp³-hybridized carbons (Fsp3) is 0.222. The maximum atomic E-state index is 10.9. The van der Waals surface area contributed by atoms with E-state index in [1.54, 1.807) is 12.1 Å². The predicted octanol–water partition coefficient (Wildman–Crippen LogP) is 1.87. The minimum absolute atomic E-state index is 0.133. The van der Waals surface area contributed by atoms with Crippen LogP contribution in [0.1, 0.15) is 5.56 Å². The molecular formula is C9H9BrO3. The second-order valence-electron chi connectivity index (χ2n) is 2.57. The summed E-state index contributed by atoms with van der Waals surface area (Å²) < 4.78 is 5.24. The van der Waals surface area contributed by atoms with Crippen molar-refractivity contribution in [2.45, 2.75) is 6.42 Å². The molecule has 0 heterocycles. The van der Waals surface area contributed by atoms with E-state index in [1.807, 2.05) is 0 Å². The number of aromatic hydroxyl groups is 1. The van der Waals surface area contributed by atoms with Crippen LogP contribution in [0.15, 0.2) is 22.7 Å². The number of carbonyl (C=O) groups is 1. The van der Waals surface area contributed by atoms with Crippen LogP contribution in [0, 0.1) is 0 Å². The summed E-state index contributed by atoms with van der Waals surface area (Å²) in [4.78, 5) is 10.9. The lowest BCUT2D eigenvalue weighted by molar-refractivity contribution is -0.139. The Bertz CT molecular complexity index is 302. The molecular weight excluding hydrogens is 236 g/mol. The van der Waals surface area contributed by atoms with Crippen molar-refractivity contribution in [2.75, 3.05) is 7.11 Å². The van der Waals surface area contributed by atoms with Crippen molar-refractivity contribution in [1.29, 1.82) is 0 Å². The van der Waals surface area contributed by atoms with E-state index in [4.69, 9.17) is 0 Å². The molecule has 0 radical (unpaired) electrons. The molecule has 4 heteroatoms. The predicted molar refractivity (Wildman–Crippen MR) is 51.5 cm³/mol. The fourth-order valence-corrected chi connectivity index (χ4v) is 1.50. The molecule has 1 aromatic rings. The molecule has 0 amide bonds. The average molecular weight is 245 g/mol. The van der Waals surface area contributed by atoms with E-state index in [0.717, 1.165) is 10.0 Å². The van der Waals surface area contributed by atoms with Crippen molar-refractivity contribution in [1.82, 2.24) is 0 Å². The number of phenolic OH excluding ortho intramolecular Hbond substituents is 1. The SMILES string of the molecule is COC(=O)Cc1cc(O)cc(Br)c1. The van der Waals surface area contributed by atoms with Crippen LogP contribution in [-0.4, -0.2) is 18.2 Å². The van der Waals surface area contributed by atoms with Crippen molar-refractivity contribution < 1.29 is 14.6 Å². The Morgan fingerprint density at radius 2 is 2.23 bits per heavy atom. The lowest BCUT2D eigenvalue weighted by Crippen LogP contribution is -2.04. The van der Waals surface area contributed by atoms with Gasteiger partial charge in [-0.1, -0.05) is 15.9 Å². The summed E-state index contributed by atoms with van der Waals surface area (Å²) in [5.74, 6) is -0.189. The van der Waals surface area contributed by atoms with Crippen molar-refractivity contribution in [2.24, 2.45) is 0 Å². The molecule has 0 unspecified atom stereocenters. The number of esters is 1. The van der Waals surface area contributed by atoms with Crippen LogP contribution in [0.5, 0.6) is 5.75 Å². The standard InChI is InChI=1S/C9H9BrO3/c1-13-9(12)4-6-2-7(10)5-8(11)3-6/h2-3,5,11H,4H2,1H3. The molecule has 0 spiro atoms. The molecule has 70 valence electrons. The third-order valence-electron chi connectivity index (χ3n) is 1.52. The van der Waals surface area contributed by atoms with E-state index in [1.165, 1.54) is 13.2 Å². The highest BCUT2D eigenvalue weighted by atomic mass is 79.9. The van der Waals surface area contributed by atoms with Gasteiger partial charge in [0.1, 0.15) is 5.75 Å². The van der Waals surface area contributed by atoms with E-state index < -0.39 is 0 Å². The quantitative estimate of drug-likeness (QED) is 0.809. The Labute approximate surface area is 84.5 Å². The van der Waals surface area contributed by atoms with Crippen LogP contribution in [0.4, 0.5) is 0 Å². The van der Waals surface area contributed by atoms with Crippen LogP contribution in [0.2, 0.25) is 0 Å². The van der Waals surface area contributed by atoms with Crippen LogP contribution in [0.25, 0.3) is 0 Å². The lowest BCUT2D eigenvalue weighted by Gasteiger charge is -2.01. The minimum Gasteiger partial charge on any atom is -0.508 e. The van der Waals surface area contributed by atoms with Gasteiger partial charge in [-0.05, 0) is 23.8 Å². The van der Waals surface area contributed by atoms with E-state index >= 15 is 0 Å². The van der Waals surface area contributed by atoms with Gasteiger partial charge in [-0.15, -0.1) is 0 Å². The van der Waals surface area contributed by atoms with E-state index in [-0.39, 0.29) is 18.1 Å². The first-order valence-electron chi connectivity index (χ1n) is 3.67. The molecule has 3 nitrogen and oxygen atoms in total. The van der Waals surface area contributed by atoms with Gasteiger partial charge >= 0.3 is 5.97 Å². The molecule has 0 saturated heterocycles. The Balaban J connectivity index is 2.83. The third kappa shape index (κ3) is 3.06. The van der Waals surface area contributed by atoms with Crippen LogP contribution in [0.3, 0.4) is 0 Å². The molecule has 1 aromatic carbocycles. The Morgan fingerprint density at radius 1 is 1.54 bits per heavy atom. The molecule has 13 heavy (non-hydrogen) atoms. The van der Waals surface area contributed by atoms with E-state index in [2.05, 4.69) is 20.7 Å². The number of hydrogen-bond donors (Lipinski definition) is 1. The average Bonchev–Trinajstić information content (AvgIpc) is 2.02. The maximum Gasteiger partial charge on any atom is 0.309 e. The summed E-state index contributed by atoms with van der Waals surface area (Å²) in [6.07, 6.45) is 0.170. The number of phenols is 1. The van der Waals surface area contributed by atoms with Gasteiger partial charge in [-0.3, -0.25) is 4.79 Å². The largest absolute Gasteiger partial charge is 0.508 e. The van der Waals surface area contributed by atoms with Crippen molar-refractivity contribution >= 4 is 21.9 Å². The Morgan fingerprint density at radius 3 is 2.77 bits per heavy atom. The first-order chi connectivity index (χ1) is 6.11. The topological polar surface area (TPSA) is 46.5 Å². The Kier molecular flexibility index (Phi) is 3.31. The number of hydrogen-bond acceptors (Lipinski definition) is 3. The molecule has 0 aliphatic rings. The zero-order chi connectivity index (χ0) is 9.84. The number of rotatable bonds is 2. The second-order valence-corrected chi connectivity index (χ2v) is 3.49. The van der Waals surface area contributed by atoms with Gasteiger partial charge in [0.15, 0.2) is 0 Å². The third-order valence-corrected chi connectivity index (χ3v) is 1.98. The monoisotopic (exact) mass is 244 g/mol. The van der Waals surface area contributed by atoms with Gasteiger partial charge < -0.3 is 9.84 Å². The molecule has 0 atom stereocenters. The summed E-state index contributed by atoms with van der Waals surface area (Å²) in [7, 11) is 1.33. The van der Waals surface area contributed by atoms with Crippen molar-refractivity contribution in [3.8, 4) is 5.75 Å². The number of benzene rings is 1. The highest BCUT2D eigenvalue weighted by Gasteiger charge is 2.04. The summed E-state index contributed by atoms with van der Waals surface area (Å²) in [6.45, 7) is 0. The maximum absolute atomic E-state index is 10.9. The highest BCUT2D eigenvalue weighted by molar-refractivity contribution is 9.10. The van der Waals surface area contributed by atoms with Gasteiger partial charge in [0.2, 0.25) is 0 Å². The smallest absolute Gasteiger partial charge is 0.309 e. The highest BCUT2D eigenvalue weighted by Crippen LogP contribution is 2.20. The second kappa shape index (κ2) is 4.28. The lowest BCUT2D eigenvalue weighted by atomic mass is 10.1. The number of methoxy groups -OCH3 is 1. The van der Waals surface area contributed by atoms with Crippen molar-refractivity contribution in [3.05, 3.63) is 28.2 Å². The summed E-state index contributed by atoms with van der Waals surface area (Å²) in [5, 5.41) is 9.20. The zero-order valence-electron chi connectivity index (χ0n) is 7.08. The summed E-state index contributed by atoms with van der Waals surface area (Å²) in [5.41, 5.74) is 0.721. The summed E-state index contributed by atoms with van der Waals surface area (Å²) in [6, 6.07) is 4.85. The molecule has 0 fully saturated rings. The van der Waals surface area contributed by atoms with Gasteiger partial charge in [0.25, 0.3) is 0 Å². The zero-order valence-corrected chi connectivity index (χ0v) is 8.67. The molecule has 0 aromatic heterocycles. The normalized spacial score (nSPS) is 9.69. The molecule has 0 saturated carbocycles. The number of carbonyl (C=O) groups excluding carboxylic acids is 1.